The Kier molecular flexibility index (Phi) is 4.61. The number of alkyl halides is 2. The van der Waals surface area contributed by atoms with Crippen molar-refractivity contribution in [2.75, 3.05) is 35.3 Å². The number of rotatable bonds is 5. The molecule has 0 unspecified atom stereocenters. The van der Waals surface area contributed by atoms with Crippen molar-refractivity contribution in [2.45, 2.75) is 25.7 Å². The smallest absolute Gasteiger partial charge is 0.255 e. The van der Waals surface area contributed by atoms with E-state index in [4.69, 9.17) is 5.84 Å². The molecule has 0 spiro atoms. The zero-order valence-corrected chi connectivity index (χ0v) is 10.4. The molecule has 0 aliphatic carbocycles. The van der Waals surface area contributed by atoms with E-state index in [1.54, 1.807) is 0 Å². The maximum atomic E-state index is 12.2. The highest BCUT2D eigenvalue weighted by Gasteiger charge is 2.16. The topological polar surface area (TPSA) is 92.0 Å². The molecule has 9 heteroatoms. The Morgan fingerprint density at radius 2 is 1.79 bits per heavy atom. The number of nitrogen functional groups attached to an aromatic ring is 1. The van der Waals surface area contributed by atoms with Crippen LogP contribution < -0.4 is 21.5 Å². The Balaban J connectivity index is 2.14. The molecule has 7 nitrogen and oxygen atoms in total. The van der Waals surface area contributed by atoms with Crippen LogP contribution in [-0.2, 0) is 0 Å². The van der Waals surface area contributed by atoms with Crippen LogP contribution in [0.2, 0.25) is 0 Å². The summed E-state index contributed by atoms with van der Waals surface area (Å²) in [4.78, 5) is 14.2. The van der Waals surface area contributed by atoms with Gasteiger partial charge in [0.1, 0.15) is 0 Å². The molecule has 0 atom stereocenters. The third-order valence-electron chi connectivity index (χ3n) is 2.81. The first kappa shape index (κ1) is 13.7. The van der Waals surface area contributed by atoms with Crippen molar-refractivity contribution in [1.29, 1.82) is 0 Å². The van der Waals surface area contributed by atoms with Gasteiger partial charge in [-0.3, -0.25) is 5.43 Å². The second kappa shape index (κ2) is 6.41. The van der Waals surface area contributed by atoms with E-state index in [9.17, 15) is 8.78 Å². The van der Waals surface area contributed by atoms with Crippen molar-refractivity contribution in [3.63, 3.8) is 0 Å². The monoisotopic (exact) mass is 273 g/mol. The largest absolute Gasteiger partial charge is 0.348 e. The van der Waals surface area contributed by atoms with Crippen molar-refractivity contribution < 1.29 is 8.78 Å². The quantitative estimate of drug-likeness (QED) is 0.540. The van der Waals surface area contributed by atoms with Crippen molar-refractivity contribution in [3.05, 3.63) is 0 Å². The average Bonchev–Trinajstić information content (AvgIpc) is 2.45. The summed E-state index contributed by atoms with van der Waals surface area (Å²) >= 11 is 0. The first-order valence-electron chi connectivity index (χ1n) is 6.18. The molecule has 0 bridgehead atoms. The molecule has 2 heterocycles. The molecule has 19 heavy (non-hydrogen) atoms. The van der Waals surface area contributed by atoms with Crippen molar-refractivity contribution in [3.8, 4) is 0 Å². The van der Waals surface area contributed by atoms with Crippen LogP contribution in [0.15, 0.2) is 0 Å². The number of aromatic nitrogens is 3. The maximum absolute atomic E-state index is 12.2. The Hall–Kier alpha value is -1.77. The Bertz CT molecular complexity index is 409. The first-order chi connectivity index (χ1) is 9.19. The van der Waals surface area contributed by atoms with Crippen LogP contribution in [0.4, 0.5) is 26.6 Å². The molecule has 1 aliphatic rings. The second-order valence-corrected chi connectivity index (χ2v) is 4.25. The number of hydrogen-bond donors (Lipinski definition) is 3. The van der Waals surface area contributed by atoms with Gasteiger partial charge in [-0.2, -0.15) is 15.0 Å². The lowest BCUT2D eigenvalue weighted by atomic mass is 10.1. The predicted octanol–water partition coefficient (Wildman–Crippen LogP) is 0.824. The number of nitrogens with one attached hydrogen (secondary N) is 2. The van der Waals surface area contributed by atoms with E-state index >= 15 is 0 Å². The molecule has 1 aliphatic heterocycles. The fourth-order valence-corrected chi connectivity index (χ4v) is 1.91. The summed E-state index contributed by atoms with van der Waals surface area (Å²) in [6.07, 6.45) is 0.845. The van der Waals surface area contributed by atoms with E-state index in [0.717, 1.165) is 25.9 Å². The number of nitrogens with two attached hydrogens (primary N) is 1. The van der Waals surface area contributed by atoms with Crippen molar-refractivity contribution >= 4 is 17.8 Å². The van der Waals surface area contributed by atoms with Gasteiger partial charge >= 0.3 is 0 Å². The van der Waals surface area contributed by atoms with Gasteiger partial charge in [0.2, 0.25) is 17.8 Å². The van der Waals surface area contributed by atoms with Gasteiger partial charge < -0.3 is 10.2 Å². The summed E-state index contributed by atoms with van der Waals surface area (Å²) < 4.78 is 24.3. The highest BCUT2D eigenvalue weighted by atomic mass is 19.3. The molecule has 4 N–H and O–H groups in total. The highest BCUT2D eigenvalue weighted by Crippen LogP contribution is 2.18. The van der Waals surface area contributed by atoms with E-state index in [-0.39, 0.29) is 11.9 Å². The van der Waals surface area contributed by atoms with Gasteiger partial charge in [0.15, 0.2) is 0 Å². The highest BCUT2D eigenvalue weighted by molar-refractivity contribution is 5.43. The minimum atomic E-state index is -2.47. The summed E-state index contributed by atoms with van der Waals surface area (Å²) in [7, 11) is 0. The normalized spacial score (nSPS) is 15.7. The molecular weight excluding hydrogens is 256 g/mol. The van der Waals surface area contributed by atoms with Crippen LogP contribution in [0.5, 0.6) is 0 Å². The van der Waals surface area contributed by atoms with Gasteiger partial charge in [0, 0.05) is 13.1 Å². The zero-order chi connectivity index (χ0) is 13.7. The summed E-state index contributed by atoms with van der Waals surface area (Å²) in [5.74, 6) is 5.99. The van der Waals surface area contributed by atoms with Crippen molar-refractivity contribution in [1.82, 2.24) is 15.0 Å². The molecule has 1 aromatic rings. The van der Waals surface area contributed by atoms with Gasteiger partial charge in [-0.15, -0.1) is 0 Å². The summed E-state index contributed by atoms with van der Waals surface area (Å²) in [5.41, 5.74) is 2.32. The van der Waals surface area contributed by atoms with Crippen LogP contribution in [0.3, 0.4) is 0 Å². The lowest BCUT2D eigenvalue weighted by Gasteiger charge is -2.26. The number of hydrogen-bond acceptors (Lipinski definition) is 7. The number of nitrogens with zero attached hydrogens (tertiary/aromatic N) is 4. The van der Waals surface area contributed by atoms with E-state index in [0.29, 0.717) is 5.95 Å². The van der Waals surface area contributed by atoms with Gasteiger partial charge in [0.25, 0.3) is 6.43 Å². The first-order valence-corrected chi connectivity index (χ1v) is 6.18. The average molecular weight is 273 g/mol. The van der Waals surface area contributed by atoms with E-state index in [1.807, 2.05) is 4.90 Å². The molecule has 0 amide bonds. The molecule has 0 aromatic carbocycles. The summed E-state index contributed by atoms with van der Waals surface area (Å²) in [6.45, 7) is 1.19. The number of halogens is 2. The van der Waals surface area contributed by atoms with Crippen LogP contribution in [0.25, 0.3) is 0 Å². The number of piperidine rings is 1. The molecule has 1 aromatic heterocycles. The van der Waals surface area contributed by atoms with Gasteiger partial charge in [-0.05, 0) is 19.3 Å². The molecule has 1 saturated heterocycles. The SMILES string of the molecule is NNc1nc(NCC(F)F)nc(N2CCCCC2)n1. The molecule has 1 fully saturated rings. The fourth-order valence-electron chi connectivity index (χ4n) is 1.91. The van der Waals surface area contributed by atoms with Gasteiger partial charge in [-0.1, -0.05) is 0 Å². The van der Waals surface area contributed by atoms with Gasteiger partial charge in [-0.25, -0.2) is 14.6 Å². The number of hydrazine groups is 1. The second-order valence-electron chi connectivity index (χ2n) is 4.25. The molecular formula is C10H17F2N7. The standard InChI is InChI=1S/C10H17F2N7/c11-7(12)6-14-8-15-9(18-13)17-10(16-8)19-4-2-1-3-5-19/h7H,1-6,13H2,(H2,14,15,16,17,18). The molecule has 0 radical (unpaired) electrons. The molecule has 2 rings (SSSR count). The van der Waals surface area contributed by atoms with Crippen LogP contribution >= 0.6 is 0 Å². The van der Waals surface area contributed by atoms with Crippen LogP contribution in [-0.4, -0.2) is 41.0 Å². The third kappa shape index (κ3) is 3.85. The fraction of sp³-hybridized carbons (Fsp3) is 0.700. The minimum absolute atomic E-state index is 0.101. The van der Waals surface area contributed by atoms with Crippen molar-refractivity contribution in [2.24, 2.45) is 5.84 Å². The Morgan fingerprint density at radius 3 is 2.42 bits per heavy atom. The Morgan fingerprint density at radius 1 is 1.11 bits per heavy atom. The zero-order valence-electron chi connectivity index (χ0n) is 10.4. The third-order valence-corrected chi connectivity index (χ3v) is 2.81. The lowest BCUT2D eigenvalue weighted by Crippen LogP contribution is -2.32. The summed E-state index contributed by atoms with van der Waals surface area (Å²) in [6, 6.07) is 0. The van der Waals surface area contributed by atoms with E-state index < -0.39 is 13.0 Å². The van der Waals surface area contributed by atoms with E-state index in [1.165, 1.54) is 6.42 Å². The van der Waals surface area contributed by atoms with Gasteiger partial charge in [0.05, 0.1) is 6.54 Å². The minimum Gasteiger partial charge on any atom is -0.348 e. The Labute approximate surface area is 109 Å². The molecule has 0 saturated carbocycles. The predicted molar refractivity (Wildman–Crippen MR) is 68.2 cm³/mol. The molecule has 106 valence electrons. The number of anilines is 3. The van der Waals surface area contributed by atoms with E-state index in [2.05, 4.69) is 25.7 Å². The summed E-state index contributed by atoms with van der Waals surface area (Å²) in [5, 5.41) is 2.46. The van der Waals surface area contributed by atoms with Crippen LogP contribution in [0.1, 0.15) is 19.3 Å². The van der Waals surface area contributed by atoms with Crippen LogP contribution in [0, 0.1) is 0 Å². The lowest BCUT2D eigenvalue weighted by molar-refractivity contribution is 0.163. The maximum Gasteiger partial charge on any atom is 0.255 e.